The molecule has 102 valence electrons. The van der Waals surface area contributed by atoms with Gasteiger partial charge in [0, 0.05) is 24.3 Å². The fourth-order valence-corrected chi connectivity index (χ4v) is 1.84. The molecule has 2 nitrogen and oxygen atoms in total. The Morgan fingerprint density at radius 3 is 2.12 bits per heavy atom. The molecule has 0 heterocycles. The third-order valence-electron chi connectivity index (χ3n) is 3.44. The average Bonchev–Trinajstić information content (AvgIpc) is 2.16. The molecule has 0 radical (unpaired) electrons. The first-order valence-corrected chi connectivity index (χ1v) is 7.67. The molecule has 0 aromatic heterocycles. The quantitative estimate of drug-likeness (QED) is 0.677. The molecule has 0 fully saturated rings. The number of amides is 1. The summed E-state index contributed by atoms with van der Waals surface area (Å²) in [6, 6.07) is 0.300. The van der Waals surface area contributed by atoms with Gasteiger partial charge in [-0.05, 0) is 31.6 Å². The van der Waals surface area contributed by atoms with Gasteiger partial charge in [-0.1, -0.05) is 43.6 Å². The van der Waals surface area contributed by atoms with E-state index in [1.807, 2.05) is 4.90 Å². The average molecular weight is 306 g/mol. The van der Waals surface area contributed by atoms with Crippen molar-refractivity contribution < 1.29 is 4.79 Å². The lowest BCUT2D eigenvalue weighted by Crippen LogP contribution is -2.39. The minimum Gasteiger partial charge on any atom is -0.340 e. The van der Waals surface area contributed by atoms with Crippen LogP contribution in [0, 0.1) is 11.3 Å². The van der Waals surface area contributed by atoms with E-state index < -0.39 is 0 Å². The van der Waals surface area contributed by atoms with Gasteiger partial charge >= 0.3 is 0 Å². The number of carbonyl (C=O) groups is 1. The molecule has 17 heavy (non-hydrogen) atoms. The molecule has 0 saturated carbocycles. The van der Waals surface area contributed by atoms with E-state index in [-0.39, 0.29) is 5.41 Å². The van der Waals surface area contributed by atoms with Gasteiger partial charge < -0.3 is 4.90 Å². The number of nitrogens with zero attached hydrogens (tertiary/aromatic N) is 1. The van der Waals surface area contributed by atoms with Gasteiger partial charge in [0.05, 0.1) is 0 Å². The predicted molar refractivity (Wildman–Crippen MR) is 78.5 cm³/mol. The Kier molecular flexibility index (Phi) is 7.38. The number of halogens is 1. The summed E-state index contributed by atoms with van der Waals surface area (Å²) >= 11 is 3.42. The van der Waals surface area contributed by atoms with Gasteiger partial charge in [0.2, 0.25) is 5.91 Å². The molecular formula is C14H28BrNO. The smallest absolute Gasteiger partial charge is 0.223 e. The summed E-state index contributed by atoms with van der Waals surface area (Å²) in [5.41, 5.74) is 0.202. The van der Waals surface area contributed by atoms with E-state index in [9.17, 15) is 4.79 Å². The fourth-order valence-electron chi connectivity index (χ4n) is 1.59. The highest BCUT2D eigenvalue weighted by atomic mass is 79.9. The molecule has 1 amide bonds. The van der Waals surface area contributed by atoms with Crippen molar-refractivity contribution in [3.05, 3.63) is 0 Å². The SMILES string of the molecule is CC(C)N(CCCBr)C(=O)CC(C)C(C)(C)C. The van der Waals surface area contributed by atoms with E-state index in [1.165, 1.54) is 0 Å². The van der Waals surface area contributed by atoms with Crippen molar-refractivity contribution in [2.75, 3.05) is 11.9 Å². The second-order valence-corrected chi connectivity index (χ2v) is 6.99. The van der Waals surface area contributed by atoms with Crippen LogP contribution in [0.15, 0.2) is 0 Å². The maximum atomic E-state index is 12.3. The summed E-state index contributed by atoms with van der Waals surface area (Å²) in [5, 5.41) is 0.957. The Balaban J connectivity index is 4.42. The summed E-state index contributed by atoms with van der Waals surface area (Å²) in [4.78, 5) is 14.3. The number of carbonyl (C=O) groups excluding carboxylic acids is 1. The van der Waals surface area contributed by atoms with Crippen molar-refractivity contribution in [2.24, 2.45) is 11.3 Å². The van der Waals surface area contributed by atoms with Gasteiger partial charge in [0.1, 0.15) is 0 Å². The lowest BCUT2D eigenvalue weighted by Gasteiger charge is -2.32. The monoisotopic (exact) mass is 305 g/mol. The van der Waals surface area contributed by atoms with Gasteiger partial charge in [-0.25, -0.2) is 0 Å². The lowest BCUT2D eigenvalue weighted by molar-refractivity contribution is -0.134. The number of rotatable bonds is 6. The maximum absolute atomic E-state index is 12.3. The molecule has 0 aliphatic heterocycles. The number of hydrogen-bond acceptors (Lipinski definition) is 1. The minimum atomic E-state index is 0.202. The molecule has 0 aromatic carbocycles. The molecule has 1 unspecified atom stereocenters. The Labute approximate surface area is 115 Å². The Morgan fingerprint density at radius 2 is 1.76 bits per heavy atom. The van der Waals surface area contributed by atoms with E-state index in [1.54, 1.807) is 0 Å². The van der Waals surface area contributed by atoms with E-state index in [0.29, 0.717) is 24.3 Å². The van der Waals surface area contributed by atoms with Crippen LogP contribution in [0.5, 0.6) is 0 Å². The Morgan fingerprint density at radius 1 is 1.24 bits per heavy atom. The first kappa shape index (κ1) is 16.9. The van der Waals surface area contributed by atoms with E-state index in [0.717, 1.165) is 18.3 Å². The van der Waals surface area contributed by atoms with Crippen LogP contribution < -0.4 is 0 Å². The highest BCUT2D eigenvalue weighted by Gasteiger charge is 2.25. The molecule has 0 bridgehead atoms. The zero-order chi connectivity index (χ0) is 13.6. The van der Waals surface area contributed by atoms with Crippen molar-refractivity contribution in [1.29, 1.82) is 0 Å². The van der Waals surface area contributed by atoms with Gasteiger partial charge in [-0.15, -0.1) is 0 Å². The fraction of sp³-hybridized carbons (Fsp3) is 0.929. The topological polar surface area (TPSA) is 20.3 Å². The van der Waals surface area contributed by atoms with Crippen LogP contribution >= 0.6 is 15.9 Å². The van der Waals surface area contributed by atoms with Gasteiger partial charge in [0.25, 0.3) is 0 Å². The molecule has 0 aliphatic rings. The maximum Gasteiger partial charge on any atom is 0.223 e. The van der Waals surface area contributed by atoms with Crippen LogP contribution in [0.1, 0.15) is 54.4 Å². The van der Waals surface area contributed by atoms with E-state index >= 15 is 0 Å². The van der Waals surface area contributed by atoms with E-state index in [4.69, 9.17) is 0 Å². The van der Waals surface area contributed by atoms with Crippen molar-refractivity contribution in [3.8, 4) is 0 Å². The Hall–Kier alpha value is -0.0500. The summed E-state index contributed by atoms with van der Waals surface area (Å²) in [6.45, 7) is 13.8. The second-order valence-electron chi connectivity index (χ2n) is 6.19. The van der Waals surface area contributed by atoms with Crippen LogP contribution in [0.2, 0.25) is 0 Å². The normalized spacial score (nSPS) is 13.9. The molecule has 0 N–H and O–H groups in total. The molecule has 1 atom stereocenters. The molecule has 0 aliphatic carbocycles. The molecule has 0 spiro atoms. The van der Waals surface area contributed by atoms with Gasteiger partial charge in [0.15, 0.2) is 0 Å². The minimum absolute atomic E-state index is 0.202. The molecule has 3 heteroatoms. The predicted octanol–water partition coefficient (Wildman–Crippen LogP) is 4.08. The first-order valence-electron chi connectivity index (χ1n) is 6.55. The highest BCUT2D eigenvalue weighted by Crippen LogP contribution is 2.28. The third-order valence-corrected chi connectivity index (χ3v) is 4.00. The Bertz CT molecular complexity index is 233. The first-order chi connectivity index (χ1) is 7.70. The van der Waals surface area contributed by atoms with Crippen LogP contribution in [0.25, 0.3) is 0 Å². The van der Waals surface area contributed by atoms with Crippen LogP contribution in [0.3, 0.4) is 0 Å². The van der Waals surface area contributed by atoms with Gasteiger partial charge in [-0.2, -0.15) is 0 Å². The number of hydrogen-bond donors (Lipinski definition) is 0. The van der Waals surface area contributed by atoms with Crippen LogP contribution in [-0.2, 0) is 4.79 Å². The highest BCUT2D eigenvalue weighted by molar-refractivity contribution is 9.09. The van der Waals surface area contributed by atoms with E-state index in [2.05, 4.69) is 57.5 Å². The molecule has 0 saturated heterocycles. The number of alkyl halides is 1. The molecule has 0 aromatic rings. The standard InChI is InChI=1S/C14H28BrNO/c1-11(2)16(9-7-8-15)13(17)10-12(3)14(4,5)6/h11-12H,7-10H2,1-6H3. The van der Waals surface area contributed by atoms with Crippen LogP contribution in [0.4, 0.5) is 0 Å². The largest absolute Gasteiger partial charge is 0.340 e. The molecular weight excluding hydrogens is 278 g/mol. The second kappa shape index (κ2) is 7.40. The van der Waals surface area contributed by atoms with Crippen LogP contribution in [-0.4, -0.2) is 28.7 Å². The lowest BCUT2D eigenvalue weighted by atomic mass is 9.80. The van der Waals surface area contributed by atoms with Gasteiger partial charge in [-0.3, -0.25) is 4.79 Å². The summed E-state index contributed by atoms with van der Waals surface area (Å²) < 4.78 is 0. The summed E-state index contributed by atoms with van der Waals surface area (Å²) in [6.07, 6.45) is 1.68. The van der Waals surface area contributed by atoms with Crippen molar-refractivity contribution in [2.45, 2.75) is 60.4 Å². The van der Waals surface area contributed by atoms with Crippen molar-refractivity contribution in [3.63, 3.8) is 0 Å². The summed E-state index contributed by atoms with van der Waals surface area (Å²) in [5.74, 6) is 0.712. The zero-order valence-corrected chi connectivity index (χ0v) is 13.8. The summed E-state index contributed by atoms with van der Waals surface area (Å²) in [7, 11) is 0. The zero-order valence-electron chi connectivity index (χ0n) is 12.2. The van der Waals surface area contributed by atoms with Crippen molar-refractivity contribution in [1.82, 2.24) is 4.90 Å². The third kappa shape index (κ3) is 6.44. The van der Waals surface area contributed by atoms with Crippen molar-refractivity contribution >= 4 is 21.8 Å². The molecule has 0 rings (SSSR count).